The van der Waals surface area contributed by atoms with Crippen LogP contribution >= 0.6 is 0 Å². The van der Waals surface area contributed by atoms with Crippen LogP contribution in [-0.4, -0.2) is 33.9 Å². The molecule has 1 aromatic heterocycles. The topological polar surface area (TPSA) is 78.0 Å². The van der Waals surface area contributed by atoms with Crippen molar-refractivity contribution in [2.75, 3.05) is 6.54 Å². The highest BCUT2D eigenvalue weighted by Gasteiger charge is 2.18. The van der Waals surface area contributed by atoms with E-state index in [1.807, 2.05) is 20.8 Å². The SMILES string of the molecule is Cc1n[nH]c(C)c1CC(C)C(=O)NCC(O)CC(C)C. The van der Waals surface area contributed by atoms with E-state index in [-0.39, 0.29) is 11.8 Å². The molecule has 1 heterocycles. The van der Waals surface area contributed by atoms with Crippen LogP contribution in [0.2, 0.25) is 0 Å². The molecule has 0 saturated heterocycles. The number of aromatic nitrogens is 2. The van der Waals surface area contributed by atoms with Gasteiger partial charge in [-0.05, 0) is 38.2 Å². The molecule has 1 aromatic rings. The minimum absolute atomic E-state index is 0.0205. The van der Waals surface area contributed by atoms with Crippen LogP contribution in [0.3, 0.4) is 0 Å². The van der Waals surface area contributed by atoms with Gasteiger partial charge in [-0.1, -0.05) is 20.8 Å². The van der Waals surface area contributed by atoms with Gasteiger partial charge < -0.3 is 10.4 Å². The summed E-state index contributed by atoms with van der Waals surface area (Å²) in [6.45, 7) is 10.2. The van der Waals surface area contributed by atoms with Crippen LogP contribution in [0.1, 0.15) is 44.1 Å². The van der Waals surface area contributed by atoms with Gasteiger partial charge in [-0.3, -0.25) is 9.89 Å². The number of carbonyl (C=O) groups excluding carboxylic acids is 1. The lowest BCUT2D eigenvalue weighted by Crippen LogP contribution is -2.36. The minimum Gasteiger partial charge on any atom is -0.391 e. The van der Waals surface area contributed by atoms with Gasteiger partial charge in [0.1, 0.15) is 0 Å². The number of nitrogens with zero attached hydrogens (tertiary/aromatic N) is 1. The number of hydrogen-bond acceptors (Lipinski definition) is 3. The van der Waals surface area contributed by atoms with Crippen LogP contribution in [0.15, 0.2) is 0 Å². The van der Waals surface area contributed by atoms with Crippen molar-refractivity contribution in [3.05, 3.63) is 17.0 Å². The maximum atomic E-state index is 12.0. The van der Waals surface area contributed by atoms with Crippen LogP contribution < -0.4 is 5.32 Å². The Morgan fingerprint density at radius 3 is 2.50 bits per heavy atom. The molecule has 0 aliphatic rings. The zero-order valence-corrected chi connectivity index (χ0v) is 13.2. The molecule has 2 unspecified atom stereocenters. The highest BCUT2D eigenvalue weighted by atomic mass is 16.3. The molecule has 20 heavy (non-hydrogen) atoms. The number of rotatable bonds is 7. The summed E-state index contributed by atoms with van der Waals surface area (Å²) < 4.78 is 0. The normalized spacial score (nSPS) is 14.3. The molecular weight excluding hydrogens is 254 g/mol. The van der Waals surface area contributed by atoms with E-state index in [1.54, 1.807) is 0 Å². The molecule has 114 valence electrons. The molecule has 0 aromatic carbocycles. The van der Waals surface area contributed by atoms with E-state index in [0.29, 0.717) is 25.3 Å². The first kappa shape index (κ1) is 16.7. The number of aromatic amines is 1. The fraction of sp³-hybridized carbons (Fsp3) is 0.733. The van der Waals surface area contributed by atoms with Gasteiger partial charge in [-0.15, -0.1) is 0 Å². The zero-order valence-electron chi connectivity index (χ0n) is 13.2. The fourth-order valence-corrected chi connectivity index (χ4v) is 2.29. The van der Waals surface area contributed by atoms with Crippen LogP contribution in [0.5, 0.6) is 0 Å². The Morgan fingerprint density at radius 2 is 2.00 bits per heavy atom. The van der Waals surface area contributed by atoms with Gasteiger partial charge in [0.2, 0.25) is 5.91 Å². The molecule has 5 nitrogen and oxygen atoms in total. The van der Waals surface area contributed by atoms with Gasteiger partial charge in [0.05, 0.1) is 11.8 Å². The Bertz CT molecular complexity index is 421. The van der Waals surface area contributed by atoms with Crippen molar-refractivity contribution < 1.29 is 9.90 Å². The van der Waals surface area contributed by atoms with Crippen molar-refractivity contribution in [1.82, 2.24) is 15.5 Å². The van der Waals surface area contributed by atoms with E-state index in [4.69, 9.17) is 0 Å². The molecule has 2 atom stereocenters. The summed E-state index contributed by atoms with van der Waals surface area (Å²) in [4.78, 5) is 12.0. The van der Waals surface area contributed by atoms with Gasteiger partial charge in [0.15, 0.2) is 0 Å². The number of hydrogen-bond donors (Lipinski definition) is 3. The third-order valence-electron chi connectivity index (χ3n) is 3.49. The minimum atomic E-state index is -0.469. The lowest BCUT2D eigenvalue weighted by atomic mass is 9.98. The number of carbonyl (C=O) groups is 1. The first-order valence-corrected chi connectivity index (χ1v) is 7.27. The highest BCUT2D eigenvalue weighted by Crippen LogP contribution is 2.15. The summed E-state index contributed by atoms with van der Waals surface area (Å²) in [6.07, 6.45) is 0.901. The number of aliphatic hydroxyl groups is 1. The molecule has 0 fully saturated rings. The van der Waals surface area contributed by atoms with Crippen molar-refractivity contribution in [2.24, 2.45) is 11.8 Å². The van der Waals surface area contributed by atoms with E-state index in [2.05, 4.69) is 29.4 Å². The third kappa shape index (κ3) is 4.96. The molecule has 0 aliphatic carbocycles. The molecule has 0 saturated carbocycles. The Balaban J connectivity index is 2.44. The highest BCUT2D eigenvalue weighted by molar-refractivity contribution is 5.78. The molecule has 0 aliphatic heterocycles. The van der Waals surface area contributed by atoms with Crippen molar-refractivity contribution in [1.29, 1.82) is 0 Å². The largest absolute Gasteiger partial charge is 0.391 e. The quantitative estimate of drug-likeness (QED) is 0.712. The summed E-state index contributed by atoms with van der Waals surface area (Å²) in [5.74, 6) is 0.277. The summed E-state index contributed by atoms with van der Waals surface area (Å²) in [5.41, 5.74) is 3.07. The molecule has 5 heteroatoms. The smallest absolute Gasteiger partial charge is 0.223 e. The van der Waals surface area contributed by atoms with Gasteiger partial charge >= 0.3 is 0 Å². The predicted octanol–water partition coefficient (Wildman–Crippen LogP) is 1.73. The lowest BCUT2D eigenvalue weighted by Gasteiger charge is -2.16. The second-order valence-corrected chi connectivity index (χ2v) is 6.05. The summed E-state index contributed by atoms with van der Waals surface area (Å²) in [5, 5.41) is 19.7. The lowest BCUT2D eigenvalue weighted by molar-refractivity contribution is -0.125. The van der Waals surface area contributed by atoms with Gasteiger partial charge in [0.25, 0.3) is 0 Å². The van der Waals surface area contributed by atoms with E-state index in [0.717, 1.165) is 17.0 Å². The maximum Gasteiger partial charge on any atom is 0.223 e. The second kappa shape index (κ2) is 7.43. The first-order chi connectivity index (χ1) is 9.31. The van der Waals surface area contributed by atoms with E-state index < -0.39 is 6.10 Å². The van der Waals surface area contributed by atoms with Crippen LogP contribution in [0.4, 0.5) is 0 Å². The fourth-order valence-electron chi connectivity index (χ4n) is 2.29. The molecule has 1 rings (SSSR count). The Morgan fingerprint density at radius 1 is 1.35 bits per heavy atom. The molecular formula is C15H27N3O2. The number of amides is 1. The summed E-state index contributed by atoms with van der Waals surface area (Å²) in [6, 6.07) is 0. The van der Waals surface area contributed by atoms with Crippen LogP contribution in [0, 0.1) is 25.7 Å². The number of H-pyrrole nitrogens is 1. The molecule has 0 spiro atoms. The predicted molar refractivity (Wildman–Crippen MR) is 79.4 cm³/mol. The molecule has 1 amide bonds. The van der Waals surface area contributed by atoms with Crippen molar-refractivity contribution in [3.63, 3.8) is 0 Å². The van der Waals surface area contributed by atoms with Crippen molar-refractivity contribution >= 4 is 5.91 Å². The second-order valence-electron chi connectivity index (χ2n) is 6.05. The number of aliphatic hydroxyl groups excluding tert-OH is 1. The van der Waals surface area contributed by atoms with E-state index in [9.17, 15) is 9.90 Å². The maximum absolute atomic E-state index is 12.0. The summed E-state index contributed by atoms with van der Waals surface area (Å²) >= 11 is 0. The third-order valence-corrected chi connectivity index (χ3v) is 3.49. The average Bonchev–Trinajstić information content (AvgIpc) is 2.66. The first-order valence-electron chi connectivity index (χ1n) is 7.27. The van der Waals surface area contributed by atoms with Crippen LogP contribution in [-0.2, 0) is 11.2 Å². The number of aryl methyl sites for hydroxylation is 2. The van der Waals surface area contributed by atoms with Crippen LogP contribution in [0.25, 0.3) is 0 Å². The molecule has 0 bridgehead atoms. The molecule has 0 radical (unpaired) electrons. The average molecular weight is 281 g/mol. The Kier molecular flexibility index (Phi) is 6.20. The monoisotopic (exact) mass is 281 g/mol. The Hall–Kier alpha value is -1.36. The van der Waals surface area contributed by atoms with Crippen molar-refractivity contribution in [3.8, 4) is 0 Å². The van der Waals surface area contributed by atoms with Gasteiger partial charge in [-0.25, -0.2) is 0 Å². The van der Waals surface area contributed by atoms with Gasteiger partial charge in [-0.2, -0.15) is 5.10 Å². The van der Waals surface area contributed by atoms with Crippen molar-refractivity contribution in [2.45, 2.75) is 53.6 Å². The zero-order chi connectivity index (χ0) is 15.3. The Labute approximate surface area is 121 Å². The van der Waals surface area contributed by atoms with Gasteiger partial charge in [0, 0.05) is 18.2 Å². The molecule has 3 N–H and O–H groups in total. The van der Waals surface area contributed by atoms with E-state index in [1.165, 1.54) is 0 Å². The standard InChI is InChI=1S/C15H27N3O2/c1-9(2)6-13(19)8-16-15(20)10(3)7-14-11(4)17-18-12(14)5/h9-10,13,19H,6-8H2,1-5H3,(H,16,20)(H,17,18). The number of nitrogens with one attached hydrogen (secondary N) is 2. The summed E-state index contributed by atoms with van der Waals surface area (Å²) in [7, 11) is 0. The van der Waals surface area contributed by atoms with E-state index >= 15 is 0 Å².